The summed E-state index contributed by atoms with van der Waals surface area (Å²) < 4.78 is 9.96. The van der Waals surface area contributed by atoms with Crippen LogP contribution in [0.4, 0.5) is 0 Å². The molecule has 0 heterocycles. The molecule has 1 aliphatic rings. The minimum Gasteiger partial charge on any atom is -0.469 e. The summed E-state index contributed by atoms with van der Waals surface area (Å²) in [5.74, 6) is 0.810. The molecular formula is C20H39N3O3. The SMILES string of the molecule is CCNC(=NCC1(CCOC)CCCC1)NCCCCCCC(=O)OC. The molecule has 0 aliphatic heterocycles. The van der Waals surface area contributed by atoms with Gasteiger partial charge in [-0.2, -0.15) is 0 Å². The maximum Gasteiger partial charge on any atom is 0.305 e. The summed E-state index contributed by atoms with van der Waals surface area (Å²) in [6.07, 6.45) is 10.9. The van der Waals surface area contributed by atoms with Gasteiger partial charge < -0.3 is 20.1 Å². The van der Waals surface area contributed by atoms with E-state index < -0.39 is 0 Å². The quantitative estimate of drug-likeness (QED) is 0.226. The van der Waals surface area contributed by atoms with Crippen molar-refractivity contribution in [3.63, 3.8) is 0 Å². The van der Waals surface area contributed by atoms with Crippen molar-refractivity contribution in [2.75, 3.05) is 40.5 Å². The molecule has 1 saturated carbocycles. The number of carbonyl (C=O) groups excluding carboxylic acids is 1. The number of nitrogens with one attached hydrogen (secondary N) is 2. The number of esters is 1. The van der Waals surface area contributed by atoms with Gasteiger partial charge in [0.2, 0.25) is 0 Å². The number of rotatable bonds is 13. The summed E-state index contributed by atoms with van der Waals surface area (Å²) in [6, 6.07) is 0. The van der Waals surface area contributed by atoms with Crippen LogP contribution in [0.2, 0.25) is 0 Å². The minimum atomic E-state index is -0.112. The Labute approximate surface area is 159 Å². The maximum atomic E-state index is 11.1. The molecule has 0 bridgehead atoms. The van der Waals surface area contributed by atoms with Crippen LogP contribution in [-0.2, 0) is 14.3 Å². The predicted molar refractivity (Wildman–Crippen MR) is 106 cm³/mol. The molecule has 0 aromatic heterocycles. The fraction of sp³-hybridized carbons (Fsp3) is 0.900. The number of guanidine groups is 1. The lowest BCUT2D eigenvalue weighted by Crippen LogP contribution is -2.39. The Hall–Kier alpha value is -1.30. The van der Waals surface area contributed by atoms with Crippen LogP contribution in [-0.4, -0.2) is 52.4 Å². The van der Waals surface area contributed by atoms with Gasteiger partial charge in [-0.05, 0) is 44.4 Å². The molecule has 0 spiro atoms. The maximum absolute atomic E-state index is 11.1. The van der Waals surface area contributed by atoms with Gasteiger partial charge in [0.1, 0.15) is 0 Å². The van der Waals surface area contributed by atoms with Gasteiger partial charge in [-0.25, -0.2) is 0 Å². The van der Waals surface area contributed by atoms with Gasteiger partial charge in [0.15, 0.2) is 5.96 Å². The highest BCUT2D eigenvalue weighted by Crippen LogP contribution is 2.41. The van der Waals surface area contributed by atoms with Crippen molar-refractivity contribution < 1.29 is 14.3 Å². The van der Waals surface area contributed by atoms with Crippen LogP contribution >= 0.6 is 0 Å². The lowest BCUT2D eigenvalue weighted by molar-refractivity contribution is -0.140. The van der Waals surface area contributed by atoms with Crippen molar-refractivity contribution in [1.82, 2.24) is 10.6 Å². The smallest absolute Gasteiger partial charge is 0.305 e. The molecule has 0 radical (unpaired) electrons. The monoisotopic (exact) mass is 369 g/mol. The fourth-order valence-corrected chi connectivity index (χ4v) is 3.58. The highest BCUT2D eigenvalue weighted by atomic mass is 16.5. The fourth-order valence-electron chi connectivity index (χ4n) is 3.58. The lowest BCUT2D eigenvalue weighted by Gasteiger charge is -2.27. The van der Waals surface area contributed by atoms with Crippen LogP contribution in [0.5, 0.6) is 0 Å². The number of methoxy groups -OCH3 is 2. The first kappa shape index (κ1) is 22.7. The molecule has 1 rings (SSSR count). The molecule has 0 atom stereocenters. The van der Waals surface area contributed by atoms with E-state index in [0.29, 0.717) is 11.8 Å². The second-order valence-corrected chi connectivity index (χ2v) is 7.31. The summed E-state index contributed by atoms with van der Waals surface area (Å²) in [4.78, 5) is 15.9. The molecule has 152 valence electrons. The van der Waals surface area contributed by atoms with E-state index in [1.54, 1.807) is 7.11 Å². The Morgan fingerprint density at radius 2 is 1.81 bits per heavy atom. The van der Waals surface area contributed by atoms with Crippen LogP contribution in [0, 0.1) is 5.41 Å². The van der Waals surface area contributed by atoms with Gasteiger partial charge in [-0.15, -0.1) is 0 Å². The number of carbonyl (C=O) groups is 1. The Kier molecular flexibility index (Phi) is 12.1. The molecule has 6 nitrogen and oxygen atoms in total. The van der Waals surface area contributed by atoms with Gasteiger partial charge in [-0.3, -0.25) is 9.79 Å². The summed E-state index contributed by atoms with van der Waals surface area (Å²) in [5.41, 5.74) is 0.326. The second kappa shape index (κ2) is 13.8. The van der Waals surface area contributed by atoms with Crippen LogP contribution in [0.1, 0.15) is 71.1 Å². The number of ether oxygens (including phenoxy) is 2. The van der Waals surface area contributed by atoms with E-state index in [0.717, 1.165) is 64.3 Å². The third-order valence-corrected chi connectivity index (χ3v) is 5.25. The number of hydrogen-bond acceptors (Lipinski definition) is 4. The molecule has 0 unspecified atom stereocenters. The van der Waals surface area contributed by atoms with Crippen LogP contribution < -0.4 is 10.6 Å². The van der Waals surface area contributed by atoms with E-state index in [2.05, 4.69) is 22.3 Å². The molecule has 0 saturated heterocycles. The van der Waals surface area contributed by atoms with E-state index >= 15 is 0 Å². The molecule has 0 amide bonds. The Morgan fingerprint density at radius 3 is 2.46 bits per heavy atom. The zero-order chi connectivity index (χ0) is 19.1. The number of hydrogen-bond donors (Lipinski definition) is 2. The summed E-state index contributed by atoms with van der Waals surface area (Å²) in [5, 5.41) is 6.80. The number of aliphatic imine (C=N–C) groups is 1. The molecule has 0 aromatic rings. The van der Waals surface area contributed by atoms with Gasteiger partial charge in [0, 0.05) is 39.8 Å². The van der Waals surface area contributed by atoms with E-state index in [-0.39, 0.29) is 5.97 Å². The molecule has 1 aliphatic carbocycles. The highest BCUT2D eigenvalue weighted by Gasteiger charge is 2.33. The van der Waals surface area contributed by atoms with Gasteiger partial charge in [-0.1, -0.05) is 25.7 Å². The standard InChI is InChI=1S/C20H39N3O3/c1-4-21-19(22-15-10-6-5-7-11-18(24)26-3)23-17-20(14-16-25-2)12-8-9-13-20/h4-17H2,1-3H3,(H2,21,22,23). The van der Waals surface area contributed by atoms with Crippen molar-refractivity contribution in [1.29, 1.82) is 0 Å². The van der Waals surface area contributed by atoms with E-state index in [1.807, 2.05) is 0 Å². The van der Waals surface area contributed by atoms with Crippen molar-refractivity contribution >= 4 is 11.9 Å². The second-order valence-electron chi connectivity index (χ2n) is 7.31. The van der Waals surface area contributed by atoms with Gasteiger partial charge >= 0.3 is 5.97 Å². The van der Waals surface area contributed by atoms with E-state index in [4.69, 9.17) is 9.73 Å². The first-order valence-electron chi connectivity index (χ1n) is 10.2. The molecular weight excluding hydrogens is 330 g/mol. The third-order valence-electron chi connectivity index (χ3n) is 5.25. The molecule has 1 fully saturated rings. The van der Waals surface area contributed by atoms with Gasteiger partial charge in [0.05, 0.1) is 7.11 Å². The summed E-state index contributed by atoms with van der Waals surface area (Å²) >= 11 is 0. The Bertz CT molecular complexity index is 407. The van der Waals surface area contributed by atoms with Crippen LogP contribution in [0.3, 0.4) is 0 Å². The molecule has 2 N–H and O–H groups in total. The van der Waals surface area contributed by atoms with Crippen molar-refractivity contribution in [2.24, 2.45) is 10.4 Å². The first-order valence-corrected chi connectivity index (χ1v) is 10.2. The van der Waals surface area contributed by atoms with Crippen molar-refractivity contribution in [2.45, 2.75) is 71.1 Å². The van der Waals surface area contributed by atoms with Crippen molar-refractivity contribution in [3.8, 4) is 0 Å². The summed E-state index contributed by atoms with van der Waals surface area (Å²) in [7, 11) is 3.22. The molecule has 26 heavy (non-hydrogen) atoms. The zero-order valence-corrected chi connectivity index (χ0v) is 17.1. The van der Waals surface area contributed by atoms with Crippen LogP contribution in [0.25, 0.3) is 0 Å². The Balaban J connectivity index is 2.30. The number of nitrogens with zero attached hydrogens (tertiary/aromatic N) is 1. The minimum absolute atomic E-state index is 0.112. The lowest BCUT2D eigenvalue weighted by atomic mass is 9.83. The average Bonchev–Trinajstić information content (AvgIpc) is 3.12. The average molecular weight is 370 g/mol. The molecule has 0 aromatic carbocycles. The topological polar surface area (TPSA) is 72.0 Å². The van der Waals surface area contributed by atoms with Crippen molar-refractivity contribution in [3.05, 3.63) is 0 Å². The van der Waals surface area contributed by atoms with E-state index in [9.17, 15) is 4.79 Å². The predicted octanol–water partition coefficient (Wildman–Crippen LogP) is 3.26. The third kappa shape index (κ3) is 9.41. The normalized spacial score (nSPS) is 16.5. The van der Waals surface area contributed by atoms with Crippen LogP contribution in [0.15, 0.2) is 4.99 Å². The van der Waals surface area contributed by atoms with Gasteiger partial charge in [0.25, 0.3) is 0 Å². The zero-order valence-electron chi connectivity index (χ0n) is 17.1. The number of unbranched alkanes of at least 4 members (excludes halogenated alkanes) is 3. The molecule has 6 heteroatoms. The highest BCUT2D eigenvalue weighted by molar-refractivity contribution is 5.79. The largest absolute Gasteiger partial charge is 0.469 e. The Morgan fingerprint density at radius 1 is 1.08 bits per heavy atom. The first-order chi connectivity index (χ1) is 12.7. The van der Waals surface area contributed by atoms with E-state index in [1.165, 1.54) is 32.8 Å². The summed E-state index contributed by atoms with van der Waals surface area (Å²) in [6.45, 7) is 5.58.